The largest absolute Gasteiger partial charge is 0.323 e. The maximum absolute atomic E-state index is 5.13. The molecule has 42 valence electrons. The molecule has 0 heterocycles. The second-order valence-corrected chi connectivity index (χ2v) is 3.19. The van der Waals surface area contributed by atoms with Crippen LogP contribution in [0.1, 0.15) is 0 Å². The van der Waals surface area contributed by atoms with Crippen LogP contribution in [-0.4, -0.2) is 10.0 Å². The van der Waals surface area contributed by atoms with Crippen LogP contribution in [0.15, 0.2) is 5.10 Å². The first kappa shape index (κ1) is 7.34. The molecule has 0 aliphatic rings. The minimum absolute atomic E-state index is 1.01. The summed E-state index contributed by atoms with van der Waals surface area (Å²) in [5.74, 6) is 4.63. The Morgan fingerprint density at radius 3 is 1.86 bits per heavy atom. The van der Waals surface area contributed by atoms with E-state index in [1.807, 2.05) is 0 Å². The molecule has 0 spiro atoms. The smallest absolute Gasteiger partial charge is 0.227 e. The second-order valence-electron chi connectivity index (χ2n) is 0.820. The molecule has 0 rings (SSSR count). The molecule has 0 bridgehead atoms. The molecule has 2 N–H and O–H groups in total. The molecule has 0 fully saturated rings. The van der Waals surface area contributed by atoms with Crippen LogP contribution in [0.4, 0.5) is 0 Å². The Balaban J connectivity index is 3.56. The molecule has 0 aromatic carbocycles. The molecule has 0 radical (unpaired) electrons. The third kappa shape index (κ3) is 6.34. The summed E-state index contributed by atoms with van der Waals surface area (Å²) in [7, 11) is 0. The summed E-state index contributed by atoms with van der Waals surface area (Å²) in [4.78, 5) is 0. The van der Waals surface area contributed by atoms with E-state index in [0.717, 1.165) is 6.21 Å². The number of nitrogens with two attached hydrogens (primary N) is 1. The zero-order valence-electron chi connectivity index (χ0n) is 3.24. The lowest BCUT2D eigenvalue weighted by molar-refractivity contribution is 1.25. The predicted octanol–water partition coefficient (Wildman–Crippen LogP) is 1.30. The van der Waals surface area contributed by atoms with Gasteiger partial charge in [0, 0.05) is 0 Å². The van der Waals surface area contributed by atoms with Gasteiger partial charge in [0.1, 0.15) is 0 Å². The van der Waals surface area contributed by atoms with Crippen LogP contribution in [0.3, 0.4) is 0 Å². The third-order valence-electron chi connectivity index (χ3n) is 0.221. The molecule has 0 atom stereocenters. The Labute approximate surface area is 56.2 Å². The first-order chi connectivity index (χ1) is 3.06. The summed E-state index contributed by atoms with van der Waals surface area (Å²) >= 11 is 15.4. The van der Waals surface area contributed by atoms with Crippen molar-refractivity contribution in [3.05, 3.63) is 0 Å². The fourth-order valence-corrected chi connectivity index (χ4v) is 0.254. The lowest BCUT2D eigenvalue weighted by atomic mass is 10.9. The molecule has 0 saturated heterocycles. The van der Waals surface area contributed by atoms with E-state index >= 15 is 0 Å². The maximum atomic E-state index is 5.13. The highest BCUT2D eigenvalue weighted by Crippen LogP contribution is 2.22. The maximum Gasteiger partial charge on any atom is 0.227 e. The van der Waals surface area contributed by atoms with E-state index in [9.17, 15) is 0 Å². The monoisotopic (exact) mass is 160 g/mol. The van der Waals surface area contributed by atoms with Gasteiger partial charge in [-0.2, -0.15) is 5.10 Å². The minimum atomic E-state index is -1.45. The van der Waals surface area contributed by atoms with Crippen molar-refractivity contribution in [1.29, 1.82) is 0 Å². The Morgan fingerprint density at radius 2 is 1.86 bits per heavy atom. The topological polar surface area (TPSA) is 38.4 Å². The minimum Gasteiger partial charge on any atom is -0.323 e. The standard InChI is InChI=1S/C2H3Cl3N2/c3-2(4,5)1-7-6/h1H,6H2. The van der Waals surface area contributed by atoms with Crippen LogP contribution < -0.4 is 5.84 Å². The van der Waals surface area contributed by atoms with E-state index in [1.54, 1.807) is 0 Å². The van der Waals surface area contributed by atoms with Crippen LogP contribution >= 0.6 is 34.8 Å². The van der Waals surface area contributed by atoms with Crippen LogP contribution in [0.5, 0.6) is 0 Å². The Morgan fingerprint density at radius 1 is 1.43 bits per heavy atom. The average molecular weight is 161 g/mol. The van der Waals surface area contributed by atoms with Crippen molar-refractivity contribution < 1.29 is 0 Å². The summed E-state index contributed by atoms with van der Waals surface area (Å²) < 4.78 is -1.45. The molecule has 0 unspecified atom stereocenters. The zero-order valence-corrected chi connectivity index (χ0v) is 5.50. The van der Waals surface area contributed by atoms with Gasteiger partial charge in [0.2, 0.25) is 3.79 Å². The van der Waals surface area contributed by atoms with Crippen molar-refractivity contribution in [3.8, 4) is 0 Å². The molecule has 0 aliphatic heterocycles. The summed E-state index contributed by atoms with van der Waals surface area (Å²) in [6.07, 6.45) is 1.01. The highest BCUT2D eigenvalue weighted by molar-refractivity contribution is 6.74. The average Bonchev–Trinajstić information content (AvgIpc) is 1.30. The van der Waals surface area contributed by atoms with Gasteiger partial charge in [-0.3, -0.25) is 0 Å². The van der Waals surface area contributed by atoms with Crippen molar-refractivity contribution >= 4 is 41.0 Å². The van der Waals surface area contributed by atoms with Crippen LogP contribution in [0.25, 0.3) is 0 Å². The van der Waals surface area contributed by atoms with Crippen molar-refractivity contribution in [2.24, 2.45) is 10.9 Å². The number of hydrogen-bond acceptors (Lipinski definition) is 2. The van der Waals surface area contributed by atoms with Crippen LogP contribution in [0, 0.1) is 0 Å². The normalized spacial score (nSPS) is 13.0. The first-order valence-electron chi connectivity index (χ1n) is 1.37. The van der Waals surface area contributed by atoms with E-state index in [-0.39, 0.29) is 0 Å². The van der Waals surface area contributed by atoms with Gasteiger partial charge in [0.25, 0.3) is 0 Å². The molecule has 0 amide bonds. The first-order valence-corrected chi connectivity index (χ1v) is 2.51. The highest BCUT2D eigenvalue weighted by atomic mass is 35.6. The lowest BCUT2D eigenvalue weighted by Gasteiger charge is -1.97. The van der Waals surface area contributed by atoms with Crippen molar-refractivity contribution in [3.63, 3.8) is 0 Å². The van der Waals surface area contributed by atoms with E-state index in [0.29, 0.717) is 0 Å². The van der Waals surface area contributed by atoms with Gasteiger partial charge in [-0.15, -0.1) is 0 Å². The molecule has 0 saturated carbocycles. The summed E-state index contributed by atoms with van der Waals surface area (Å²) in [6, 6.07) is 0. The van der Waals surface area contributed by atoms with Gasteiger partial charge in [0.05, 0.1) is 6.21 Å². The number of halogens is 3. The third-order valence-corrected chi connectivity index (χ3v) is 0.514. The quantitative estimate of drug-likeness (QED) is 0.247. The molecular weight excluding hydrogens is 158 g/mol. The fraction of sp³-hybridized carbons (Fsp3) is 0.500. The summed E-state index contributed by atoms with van der Waals surface area (Å²) in [5.41, 5.74) is 0. The summed E-state index contributed by atoms with van der Waals surface area (Å²) in [6.45, 7) is 0. The number of rotatable bonds is 0. The molecule has 7 heavy (non-hydrogen) atoms. The SMILES string of the molecule is NN=CC(Cl)(Cl)Cl. The van der Waals surface area contributed by atoms with Crippen LogP contribution in [-0.2, 0) is 0 Å². The molecule has 0 aromatic rings. The van der Waals surface area contributed by atoms with Gasteiger partial charge < -0.3 is 5.84 Å². The highest BCUT2D eigenvalue weighted by Gasteiger charge is 2.14. The number of nitrogens with zero attached hydrogens (tertiary/aromatic N) is 1. The molecule has 2 nitrogen and oxygen atoms in total. The Kier molecular flexibility index (Phi) is 2.73. The van der Waals surface area contributed by atoms with Crippen LogP contribution in [0.2, 0.25) is 0 Å². The lowest BCUT2D eigenvalue weighted by Crippen LogP contribution is -2.04. The number of hydrazone groups is 1. The van der Waals surface area contributed by atoms with Gasteiger partial charge in [-0.05, 0) is 0 Å². The number of hydrogen-bond donors (Lipinski definition) is 1. The second kappa shape index (κ2) is 2.60. The van der Waals surface area contributed by atoms with E-state index in [1.165, 1.54) is 0 Å². The van der Waals surface area contributed by atoms with Gasteiger partial charge in [0.15, 0.2) is 0 Å². The Bertz CT molecular complexity index is 73.5. The summed E-state index contributed by atoms with van der Waals surface area (Å²) in [5, 5.41) is 2.99. The van der Waals surface area contributed by atoms with Gasteiger partial charge >= 0.3 is 0 Å². The zero-order chi connectivity index (χ0) is 5.91. The molecule has 0 aromatic heterocycles. The van der Waals surface area contributed by atoms with E-state index in [4.69, 9.17) is 34.8 Å². The predicted molar refractivity (Wildman–Crippen MR) is 33.0 cm³/mol. The van der Waals surface area contributed by atoms with Gasteiger partial charge in [-0.25, -0.2) is 0 Å². The molecule has 5 heteroatoms. The number of alkyl halides is 3. The van der Waals surface area contributed by atoms with E-state index in [2.05, 4.69) is 10.9 Å². The van der Waals surface area contributed by atoms with E-state index < -0.39 is 3.79 Å². The van der Waals surface area contributed by atoms with Gasteiger partial charge in [-0.1, -0.05) is 34.8 Å². The fourth-order valence-electron chi connectivity index (χ4n) is 0.0845. The van der Waals surface area contributed by atoms with Crippen molar-refractivity contribution in [2.45, 2.75) is 3.79 Å². The Hall–Kier alpha value is 0.340. The van der Waals surface area contributed by atoms with Crippen molar-refractivity contribution in [2.75, 3.05) is 0 Å². The molecular formula is C2H3Cl3N2. The van der Waals surface area contributed by atoms with Crippen molar-refractivity contribution in [1.82, 2.24) is 0 Å². The molecule has 0 aliphatic carbocycles.